The Hall–Kier alpha value is -1.61. The highest BCUT2D eigenvalue weighted by Crippen LogP contribution is 2.23. The van der Waals surface area contributed by atoms with Crippen molar-refractivity contribution in [1.82, 2.24) is 14.7 Å². The van der Waals surface area contributed by atoms with Gasteiger partial charge in [-0.1, -0.05) is 6.07 Å². The number of aromatic nitrogens is 2. The van der Waals surface area contributed by atoms with Crippen LogP contribution < -0.4 is 0 Å². The molecule has 1 aromatic heterocycles. The lowest BCUT2D eigenvalue weighted by molar-refractivity contribution is 0.353. The van der Waals surface area contributed by atoms with Crippen LogP contribution in [-0.2, 0) is 13.1 Å². The molecule has 0 saturated heterocycles. The Morgan fingerprint density at radius 1 is 1.20 bits per heavy atom. The Kier molecular flexibility index (Phi) is 1.86. The van der Waals surface area contributed by atoms with E-state index in [4.69, 9.17) is 0 Å². The van der Waals surface area contributed by atoms with E-state index < -0.39 is 0 Å². The Morgan fingerprint density at radius 2 is 2.07 bits per heavy atom. The van der Waals surface area contributed by atoms with E-state index in [0.717, 1.165) is 18.8 Å². The highest BCUT2D eigenvalue weighted by molar-refractivity contribution is 5.41. The van der Waals surface area contributed by atoms with Crippen LogP contribution in [0.3, 0.4) is 0 Å². The molecule has 3 heteroatoms. The monoisotopic (exact) mass is 199 g/mol. The van der Waals surface area contributed by atoms with Crippen LogP contribution in [0.25, 0.3) is 5.69 Å². The van der Waals surface area contributed by atoms with Crippen molar-refractivity contribution >= 4 is 0 Å². The fraction of sp³-hybridized carbons (Fsp3) is 0.250. The van der Waals surface area contributed by atoms with Crippen molar-refractivity contribution in [1.29, 1.82) is 0 Å². The molecular weight excluding hydrogens is 186 g/mol. The van der Waals surface area contributed by atoms with E-state index in [1.807, 2.05) is 16.9 Å². The molecule has 0 spiro atoms. The summed E-state index contributed by atoms with van der Waals surface area (Å²) < 4.78 is 1.90. The van der Waals surface area contributed by atoms with Gasteiger partial charge in [0.2, 0.25) is 0 Å². The van der Waals surface area contributed by atoms with Crippen LogP contribution in [0.15, 0.2) is 36.7 Å². The van der Waals surface area contributed by atoms with Gasteiger partial charge in [0.1, 0.15) is 0 Å². The summed E-state index contributed by atoms with van der Waals surface area (Å²) in [5.74, 6) is 0. The maximum Gasteiger partial charge on any atom is 0.0648 e. The molecule has 15 heavy (non-hydrogen) atoms. The van der Waals surface area contributed by atoms with Crippen LogP contribution in [0.5, 0.6) is 0 Å². The predicted molar refractivity (Wildman–Crippen MR) is 58.7 cm³/mol. The van der Waals surface area contributed by atoms with E-state index in [2.05, 4.69) is 35.2 Å². The van der Waals surface area contributed by atoms with E-state index in [1.165, 1.54) is 11.1 Å². The van der Waals surface area contributed by atoms with Gasteiger partial charge in [0.15, 0.2) is 0 Å². The summed E-state index contributed by atoms with van der Waals surface area (Å²) in [7, 11) is 2.15. The number of nitrogens with zero attached hydrogens (tertiary/aromatic N) is 3. The van der Waals surface area contributed by atoms with E-state index in [0.29, 0.717) is 0 Å². The van der Waals surface area contributed by atoms with Gasteiger partial charge in [-0.15, -0.1) is 0 Å². The standard InChI is InChI=1S/C12H13N3/c1-14-8-10-3-4-12(7-11(10)9-14)15-6-2-5-13-15/h2-7H,8-9H2,1H3. The van der Waals surface area contributed by atoms with Crippen molar-refractivity contribution < 1.29 is 0 Å². The summed E-state index contributed by atoms with van der Waals surface area (Å²) in [5, 5.41) is 4.23. The number of rotatable bonds is 1. The van der Waals surface area contributed by atoms with Crippen molar-refractivity contribution in [2.45, 2.75) is 13.1 Å². The molecule has 0 unspecified atom stereocenters. The quantitative estimate of drug-likeness (QED) is 0.698. The predicted octanol–water partition coefficient (Wildman–Crippen LogP) is 1.82. The largest absolute Gasteiger partial charge is 0.298 e. The molecule has 0 bridgehead atoms. The SMILES string of the molecule is CN1Cc2ccc(-n3cccn3)cc2C1. The van der Waals surface area contributed by atoms with Gasteiger partial charge in [0.05, 0.1) is 5.69 Å². The number of benzene rings is 1. The number of hydrogen-bond donors (Lipinski definition) is 0. The number of fused-ring (bicyclic) bond motifs is 1. The van der Waals surface area contributed by atoms with Crippen LogP contribution in [0.1, 0.15) is 11.1 Å². The molecule has 0 atom stereocenters. The maximum absolute atomic E-state index is 4.23. The second-order valence-electron chi connectivity index (χ2n) is 4.08. The third-order valence-electron chi connectivity index (χ3n) is 2.84. The Labute approximate surface area is 88.9 Å². The molecule has 0 amide bonds. The first-order chi connectivity index (χ1) is 7.33. The molecule has 0 aliphatic carbocycles. The first-order valence-corrected chi connectivity index (χ1v) is 5.13. The highest BCUT2D eigenvalue weighted by atomic mass is 15.3. The normalized spacial score (nSPS) is 15.5. The van der Waals surface area contributed by atoms with E-state index >= 15 is 0 Å². The summed E-state index contributed by atoms with van der Waals surface area (Å²) in [5.41, 5.74) is 4.01. The fourth-order valence-electron chi connectivity index (χ4n) is 2.12. The maximum atomic E-state index is 4.23. The van der Waals surface area contributed by atoms with Gasteiger partial charge in [-0.3, -0.25) is 4.90 Å². The van der Waals surface area contributed by atoms with Gasteiger partial charge < -0.3 is 0 Å². The Balaban J connectivity index is 2.04. The zero-order valence-corrected chi connectivity index (χ0v) is 8.72. The van der Waals surface area contributed by atoms with Crippen LogP contribution in [0.4, 0.5) is 0 Å². The van der Waals surface area contributed by atoms with Gasteiger partial charge in [-0.25, -0.2) is 4.68 Å². The summed E-state index contributed by atoms with van der Waals surface area (Å²) in [6.07, 6.45) is 3.78. The molecule has 1 aromatic carbocycles. The average Bonchev–Trinajstić information content (AvgIpc) is 2.82. The van der Waals surface area contributed by atoms with Crippen molar-refractivity contribution in [2.24, 2.45) is 0 Å². The van der Waals surface area contributed by atoms with Gasteiger partial charge in [-0.05, 0) is 36.4 Å². The molecule has 3 rings (SSSR count). The van der Waals surface area contributed by atoms with Gasteiger partial charge >= 0.3 is 0 Å². The lowest BCUT2D eigenvalue weighted by atomic mass is 10.1. The lowest BCUT2D eigenvalue weighted by Crippen LogP contribution is -2.07. The second-order valence-corrected chi connectivity index (χ2v) is 4.08. The van der Waals surface area contributed by atoms with Gasteiger partial charge in [0.25, 0.3) is 0 Å². The first kappa shape index (κ1) is 8.68. The molecule has 2 aromatic rings. The minimum absolute atomic E-state index is 1.05. The van der Waals surface area contributed by atoms with E-state index in [9.17, 15) is 0 Å². The minimum Gasteiger partial charge on any atom is -0.298 e. The third kappa shape index (κ3) is 1.45. The van der Waals surface area contributed by atoms with Crippen molar-refractivity contribution in [3.8, 4) is 5.69 Å². The Morgan fingerprint density at radius 3 is 2.87 bits per heavy atom. The summed E-state index contributed by atoms with van der Waals surface area (Å²) >= 11 is 0. The molecule has 1 aliphatic heterocycles. The third-order valence-corrected chi connectivity index (χ3v) is 2.84. The average molecular weight is 199 g/mol. The molecule has 0 N–H and O–H groups in total. The molecule has 1 aliphatic rings. The van der Waals surface area contributed by atoms with Crippen molar-refractivity contribution in [3.63, 3.8) is 0 Å². The van der Waals surface area contributed by atoms with E-state index in [-0.39, 0.29) is 0 Å². The van der Waals surface area contributed by atoms with Crippen LogP contribution in [0.2, 0.25) is 0 Å². The smallest absolute Gasteiger partial charge is 0.0648 e. The second kappa shape index (κ2) is 3.21. The number of hydrogen-bond acceptors (Lipinski definition) is 2. The van der Waals surface area contributed by atoms with Crippen LogP contribution in [-0.4, -0.2) is 21.7 Å². The van der Waals surface area contributed by atoms with Gasteiger partial charge in [0, 0.05) is 25.5 Å². The Bertz CT molecular complexity index is 474. The molecule has 0 saturated carbocycles. The minimum atomic E-state index is 1.05. The highest BCUT2D eigenvalue weighted by Gasteiger charge is 2.15. The summed E-state index contributed by atoms with van der Waals surface area (Å²) in [6.45, 7) is 2.11. The van der Waals surface area contributed by atoms with E-state index in [1.54, 1.807) is 6.20 Å². The molecule has 76 valence electrons. The summed E-state index contributed by atoms with van der Waals surface area (Å²) in [4.78, 5) is 2.32. The molecule has 0 fully saturated rings. The zero-order chi connectivity index (χ0) is 10.3. The fourth-order valence-corrected chi connectivity index (χ4v) is 2.12. The molecular formula is C12H13N3. The molecule has 0 radical (unpaired) electrons. The summed E-state index contributed by atoms with van der Waals surface area (Å²) in [6, 6.07) is 8.51. The van der Waals surface area contributed by atoms with Crippen LogP contribution >= 0.6 is 0 Å². The van der Waals surface area contributed by atoms with Gasteiger partial charge in [-0.2, -0.15) is 5.10 Å². The van der Waals surface area contributed by atoms with Crippen molar-refractivity contribution in [2.75, 3.05) is 7.05 Å². The topological polar surface area (TPSA) is 21.1 Å². The first-order valence-electron chi connectivity index (χ1n) is 5.13. The molecule has 2 heterocycles. The molecule has 3 nitrogen and oxygen atoms in total. The van der Waals surface area contributed by atoms with Crippen LogP contribution in [0, 0.1) is 0 Å². The lowest BCUT2D eigenvalue weighted by Gasteiger charge is -2.04. The van der Waals surface area contributed by atoms with Crippen molar-refractivity contribution in [3.05, 3.63) is 47.8 Å². The zero-order valence-electron chi connectivity index (χ0n) is 8.72.